The van der Waals surface area contributed by atoms with Gasteiger partial charge in [-0.2, -0.15) is 0 Å². The Labute approximate surface area is 156 Å². The highest BCUT2D eigenvalue weighted by Gasteiger charge is 2.35. The van der Waals surface area contributed by atoms with E-state index in [1.807, 2.05) is 17.0 Å². The van der Waals surface area contributed by atoms with Crippen LogP contribution in [-0.2, 0) is 22.6 Å². The van der Waals surface area contributed by atoms with E-state index in [4.69, 9.17) is 0 Å². The molecule has 26 heavy (non-hydrogen) atoms. The highest BCUT2D eigenvalue weighted by atomic mass is 16.2. The number of nitrogens with zero attached hydrogens (tertiary/aromatic N) is 2. The van der Waals surface area contributed by atoms with Gasteiger partial charge in [0.15, 0.2) is 0 Å². The lowest BCUT2D eigenvalue weighted by atomic mass is 9.93. The molecule has 1 N–H and O–H groups in total. The van der Waals surface area contributed by atoms with Crippen LogP contribution >= 0.6 is 0 Å². The number of rotatable bonds is 6. The molecule has 2 aliphatic heterocycles. The largest absolute Gasteiger partial charge is 0.355 e. The number of likely N-dealkylation sites (tertiary alicyclic amines) is 1. The van der Waals surface area contributed by atoms with E-state index in [9.17, 15) is 9.59 Å². The lowest BCUT2D eigenvalue weighted by Crippen LogP contribution is -2.53. The van der Waals surface area contributed by atoms with Gasteiger partial charge in [0, 0.05) is 26.2 Å². The Bertz CT molecular complexity index is 638. The zero-order valence-electron chi connectivity index (χ0n) is 16.0. The number of hydrogen-bond donors (Lipinski definition) is 1. The summed E-state index contributed by atoms with van der Waals surface area (Å²) in [5, 5.41) is 3.01. The number of hydrogen-bond acceptors (Lipinski definition) is 3. The first-order valence-corrected chi connectivity index (χ1v) is 9.91. The molecule has 1 saturated heterocycles. The molecule has 1 fully saturated rings. The van der Waals surface area contributed by atoms with Crippen LogP contribution in [0.2, 0.25) is 0 Å². The zero-order valence-corrected chi connectivity index (χ0v) is 16.0. The molecule has 1 aromatic carbocycles. The van der Waals surface area contributed by atoms with Crippen LogP contribution in [0.5, 0.6) is 0 Å². The molecule has 2 aliphatic rings. The highest BCUT2D eigenvalue weighted by Crippen LogP contribution is 2.25. The van der Waals surface area contributed by atoms with E-state index in [-0.39, 0.29) is 24.4 Å². The summed E-state index contributed by atoms with van der Waals surface area (Å²) in [4.78, 5) is 29.5. The average Bonchev–Trinajstić information content (AvgIpc) is 3.15. The Morgan fingerprint density at radius 2 is 1.85 bits per heavy atom. The van der Waals surface area contributed by atoms with Crippen molar-refractivity contribution >= 4 is 11.8 Å². The van der Waals surface area contributed by atoms with Gasteiger partial charge in [-0.15, -0.1) is 0 Å². The second-order valence-corrected chi connectivity index (χ2v) is 7.96. The lowest BCUT2D eigenvalue weighted by Gasteiger charge is -2.37. The van der Waals surface area contributed by atoms with E-state index in [0.29, 0.717) is 25.4 Å². The van der Waals surface area contributed by atoms with Crippen molar-refractivity contribution in [2.75, 3.05) is 26.2 Å². The van der Waals surface area contributed by atoms with Crippen molar-refractivity contribution in [1.82, 2.24) is 15.1 Å². The molecule has 5 nitrogen and oxygen atoms in total. The predicted molar refractivity (Wildman–Crippen MR) is 103 cm³/mol. The van der Waals surface area contributed by atoms with Crippen LogP contribution in [-0.4, -0.2) is 53.8 Å². The molecule has 0 bridgehead atoms. The van der Waals surface area contributed by atoms with Crippen LogP contribution in [0, 0.1) is 5.92 Å². The summed E-state index contributed by atoms with van der Waals surface area (Å²) in [5.41, 5.74) is 2.47. The number of nitrogens with one attached hydrogen (secondary N) is 1. The fourth-order valence-corrected chi connectivity index (χ4v) is 3.88. The van der Waals surface area contributed by atoms with Crippen LogP contribution in [0.4, 0.5) is 0 Å². The number of carbonyl (C=O) groups excluding carboxylic acids is 2. The number of fused-ring (bicyclic) bond motifs is 1. The Kier molecular flexibility index (Phi) is 6.30. The molecular weight excluding hydrogens is 326 g/mol. The predicted octanol–water partition coefficient (Wildman–Crippen LogP) is 2.20. The maximum Gasteiger partial charge on any atom is 0.240 e. The molecule has 2 amide bonds. The molecule has 1 aromatic rings. The molecule has 0 aliphatic carbocycles. The minimum absolute atomic E-state index is 0.0178. The molecule has 0 aromatic heterocycles. The average molecular weight is 357 g/mol. The van der Waals surface area contributed by atoms with Gasteiger partial charge in [0.2, 0.25) is 11.8 Å². The van der Waals surface area contributed by atoms with Crippen molar-refractivity contribution in [1.29, 1.82) is 0 Å². The second-order valence-electron chi connectivity index (χ2n) is 7.96. The molecule has 2 heterocycles. The molecule has 5 heteroatoms. The molecule has 0 radical (unpaired) electrons. The minimum Gasteiger partial charge on any atom is -0.355 e. The standard InChI is InChI=1S/C21H31N3O2/c1-16(2)9-10-22-20(25)15-24-14-18-8-4-3-7-17(18)13-19(24)21(26)23-11-5-6-12-23/h3-4,7-8,16,19H,5-6,9-15H2,1-2H3,(H,22,25)/t19-/m0/s1. The number of amides is 2. The Morgan fingerprint density at radius 1 is 1.15 bits per heavy atom. The summed E-state index contributed by atoms with van der Waals surface area (Å²) < 4.78 is 0. The lowest BCUT2D eigenvalue weighted by molar-refractivity contribution is -0.137. The smallest absolute Gasteiger partial charge is 0.240 e. The van der Waals surface area contributed by atoms with Crippen LogP contribution in [0.15, 0.2) is 24.3 Å². The topological polar surface area (TPSA) is 52.7 Å². The summed E-state index contributed by atoms with van der Waals surface area (Å²) in [6.07, 6.45) is 3.85. The van der Waals surface area contributed by atoms with Crippen LogP contribution in [0.3, 0.4) is 0 Å². The molecule has 0 unspecified atom stereocenters. The molecule has 0 saturated carbocycles. The second kappa shape index (κ2) is 8.67. The maximum absolute atomic E-state index is 13.1. The SMILES string of the molecule is CC(C)CCNC(=O)CN1Cc2ccccc2C[C@H]1C(=O)N1CCCC1. The molecule has 0 spiro atoms. The third-order valence-electron chi connectivity index (χ3n) is 5.44. The summed E-state index contributed by atoms with van der Waals surface area (Å²) in [6, 6.07) is 8.06. The van der Waals surface area contributed by atoms with Gasteiger partial charge >= 0.3 is 0 Å². The Hall–Kier alpha value is -1.88. The minimum atomic E-state index is -0.223. The fraction of sp³-hybridized carbons (Fsp3) is 0.619. The third kappa shape index (κ3) is 4.64. The number of benzene rings is 1. The molecule has 3 rings (SSSR count). The van der Waals surface area contributed by atoms with Gasteiger partial charge in [0.05, 0.1) is 12.6 Å². The first-order chi connectivity index (χ1) is 12.5. The fourth-order valence-electron chi connectivity index (χ4n) is 3.88. The highest BCUT2D eigenvalue weighted by molar-refractivity contribution is 5.84. The zero-order chi connectivity index (χ0) is 18.5. The third-order valence-corrected chi connectivity index (χ3v) is 5.44. The van der Waals surface area contributed by atoms with E-state index >= 15 is 0 Å². The Morgan fingerprint density at radius 3 is 2.54 bits per heavy atom. The Balaban J connectivity index is 1.69. The van der Waals surface area contributed by atoms with Crippen molar-refractivity contribution in [2.45, 2.75) is 52.1 Å². The van der Waals surface area contributed by atoms with Gasteiger partial charge in [0.25, 0.3) is 0 Å². The summed E-state index contributed by atoms with van der Waals surface area (Å²) >= 11 is 0. The van der Waals surface area contributed by atoms with Crippen molar-refractivity contribution in [3.05, 3.63) is 35.4 Å². The van der Waals surface area contributed by atoms with Crippen LogP contribution < -0.4 is 5.32 Å². The van der Waals surface area contributed by atoms with Crippen molar-refractivity contribution in [3.8, 4) is 0 Å². The van der Waals surface area contributed by atoms with E-state index in [1.54, 1.807) is 0 Å². The normalized spacial score (nSPS) is 20.3. The van der Waals surface area contributed by atoms with E-state index in [0.717, 1.165) is 32.4 Å². The van der Waals surface area contributed by atoms with Crippen LogP contribution in [0.25, 0.3) is 0 Å². The first-order valence-electron chi connectivity index (χ1n) is 9.91. The molecule has 142 valence electrons. The quantitative estimate of drug-likeness (QED) is 0.849. The maximum atomic E-state index is 13.1. The van der Waals surface area contributed by atoms with Gasteiger partial charge < -0.3 is 10.2 Å². The van der Waals surface area contributed by atoms with Gasteiger partial charge in [-0.05, 0) is 42.7 Å². The van der Waals surface area contributed by atoms with E-state index in [2.05, 4.69) is 36.2 Å². The summed E-state index contributed by atoms with van der Waals surface area (Å²) in [7, 11) is 0. The van der Waals surface area contributed by atoms with E-state index in [1.165, 1.54) is 11.1 Å². The summed E-state index contributed by atoms with van der Waals surface area (Å²) in [5.74, 6) is 0.776. The van der Waals surface area contributed by atoms with Gasteiger partial charge in [0.1, 0.15) is 0 Å². The van der Waals surface area contributed by atoms with Crippen molar-refractivity contribution in [2.24, 2.45) is 5.92 Å². The van der Waals surface area contributed by atoms with Crippen molar-refractivity contribution < 1.29 is 9.59 Å². The first kappa shape index (κ1) is 18.9. The summed E-state index contributed by atoms with van der Waals surface area (Å²) in [6.45, 7) is 7.66. The number of carbonyl (C=O) groups is 2. The van der Waals surface area contributed by atoms with Gasteiger partial charge in [-0.1, -0.05) is 38.1 Å². The van der Waals surface area contributed by atoms with E-state index < -0.39 is 0 Å². The molecular formula is C21H31N3O2. The van der Waals surface area contributed by atoms with Crippen molar-refractivity contribution in [3.63, 3.8) is 0 Å². The van der Waals surface area contributed by atoms with Crippen LogP contribution in [0.1, 0.15) is 44.2 Å². The van der Waals surface area contributed by atoms with Gasteiger partial charge in [-0.3, -0.25) is 14.5 Å². The molecule has 1 atom stereocenters. The monoisotopic (exact) mass is 357 g/mol. The van der Waals surface area contributed by atoms with Gasteiger partial charge in [-0.25, -0.2) is 0 Å².